The van der Waals surface area contributed by atoms with Gasteiger partial charge in [0.25, 0.3) is 0 Å². The van der Waals surface area contributed by atoms with Crippen LogP contribution in [0.4, 0.5) is 0 Å². The van der Waals surface area contributed by atoms with Crippen molar-refractivity contribution in [1.29, 1.82) is 5.26 Å². The summed E-state index contributed by atoms with van der Waals surface area (Å²) in [5, 5.41) is 18.3. The van der Waals surface area contributed by atoms with Crippen molar-refractivity contribution in [2.75, 3.05) is 0 Å². The van der Waals surface area contributed by atoms with Gasteiger partial charge < -0.3 is 5.11 Å². The zero-order valence-electron chi connectivity index (χ0n) is 7.51. The van der Waals surface area contributed by atoms with Gasteiger partial charge in [-0.15, -0.1) is 0 Å². The maximum Gasteiger partial charge on any atom is 0.135 e. The molecular formula is C10H11N3O. The third-order valence-corrected chi connectivity index (χ3v) is 2.39. The first-order valence-electron chi connectivity index (χ1n) is 4.46. The van der Waals surface area contributed by atoms with Crippen molar-refractivity contribution in [2.45, 2.75) is 12.3 Å². The smallest absolute Gasteiger partial charge is 0.135 e. The van der Waals surface area contributed by atoms with Gasteiger partial charge in [0.2, 0.25) is 0 Å². The van der Waals surface area contributed by atoms with Crippen LogP contribution in [0.3, 0.4) is 0 Å². The molecule has 4 nitrogen and oxygen atoms in total. The molecule has 14 heavy (non-hydrogen) atoms. The fourth-order valence-electron chi connectivity index (χ4n) is 1.63. The predicted octanol–water partition coefficient (Wildman–Crippen LogP) is 0.294. The van der Waals surface area contributed by atoms with Crippen LogP contribution in [0.5, 0.6) is 0 Å². The molecule has 1 aliphatic heterocycles. The fourth-order valence-corrected chi connectivity index (χ4v) is 1.63. The summed E-state index contributed by atoms with van der Waals surface area (Å²) < 4.78 is 0. The summed E-state index contributed by atoms with van der Waals surface area (Å²) in [6.07, 6.45) is -0.801. The minimum absolute atomic E-state index is 0.142. The molecule has 72 valence electrons. The van der Waals surface area contributed by atoms with Gasteiger partial charge in [-0.1, -0.05) is 30.3 Å². The summed E-state index contributed by atoms with van der Waals surface area (Å²) in [7, 11) is 0. The standard InChI is InChI=1S/C10H11N3O/c11-6-8-9(12-13-10(8)14)7-4-2-1-3-5-7/h1-5,8-10,12-14H. The Hall–Kier alpha value is -1.41. The molecule has 1 fully saturated rings. The van der Waals surface area contributed by atoms with Gasteiger partial charge in [-0.05, 0) is 5.56 Å². The molecule has 0 bridgehead atoms. The van der Waals surface area contributed by atoms with Gasteiger partial charge in [-0.25, -0.2) is 10.9 Å². The highest BCUT2D eigenvalue weighted by Gasteiger charge is 2.35. The molecule has 4 heteroatoms. The maximum absolute atomic E-state index is 9.42. The molecule has 3 atom stereocenters. The highest BCUT2D eigenvalue weighted by molar-refractivity contribution is 5.23. The molecule has 0 spiro atoms. The Morgan fingerprint density at radius 3 is 2.57 bits per heavy atom. The molecule has 0 aliphatic carbocycles. The first-order chi connectivity index (χ1) is 6.83. The summed E-state index contributed by atoms with van der Waals surface area (Å²) in [5.41, 5.74) is 6.56. The third kappa shape index (κ3) is 1.49. The number of benzene rings is 1. The van der Waals surface area contributed by atoms with E-state index in [1.165, 1.54) is 0 Å². The van der Waals surface area contributed by atoms with Gasteiger partial charge in [-0.3, -0.25) is 0 Å². The lowest BCUT2D eigenvalue weighted by molar-refractivity contribution is 0.128. The van der Waals surface area contributed by atoms with Crippen molar-refractivity contribution < 1.29 is 5.11 Å². The lowest BCUT2D eigenvalue weighted by Gasteiger charge is -2.13. The highest BCUT2D eigenvalue weighted by Crippen LogP contribution is 2.26. The summed E-state index contributed by atoms with van der Waals surface area (Å²) in [4.78, 5) is 0. The van der Waals surface area contributed by atoms with Gasteiger partial charge in [-0.2, -0.15) is 5.26 Å². The molecule has 0 aromatic heterocycles. The summed E-state index contributed by atoms with van der Waals surface area (Å²) in [6, 6.07) is 11.6. The molecule has 3 N–H and O–H groups in total. The van der Waals surface area contributed by atoms with E-state index >= 15 is 0 Å². The third-order valence-electron chi connectivity index (χ3n) is 2.39. The fraction of sp³-hybridized carbons (Fsp3) is 0.300. The molecular weight excluding hydrogens is 178 g/mol. The van der Waals surface area contributed by atoms with Crippen LogP contribution in [0.15, 0.2) is 30.3 Å². The molecule has 0 amide bonds. The van der Waals surface area contributed by atoms with Crippen LogP contribution in [0, 0.1) is 17.2 Å². The van der Waals surface area contributed by atoms with Gasteiger partial charge in [0.15, 0.2) is 0 Å². The van der Waals surface area contributed by atoms with Crippen LogP contribution in [-0.4, -0.2) is 11.3 Å². The van der Waals surface area contributed by atoms with Crippen molar-refractivity contribution in [1.82, 2.24) is 10.9 Å². The molecule has 0 radical (unpaired) electrons. The second kappa shape index (κ2) is 3.76. The Morgan fingerprint density at radius 2 is 1.93 bits per heavy atom. The minimum Gasteiger partial charge on any atom is -0.376 e. The number of nitrogens with one attached hydrogen (secondary N) is 2. The Bertz CT molecular complexity index is 346. The normalized spacial score (nSPS) is 31.3. The van der Waals surface area contributed by atoms with Crippen LogP contribution >= 0.6 is 0 Å². The quantitative estimate of drug-likeness (QED) is 0.594. The van der Waals surface area contributed by atoms with E-state index in [-0.39, 0.29) is 6.04 Å². The summed E-state index contributed by atoms with van der Waals surface area (Å²) in [5.74, 6) is -0.447. The van der Waals surface area contributed by atoms with Gasteiger partial charge in [0.1, 0.15) is 12.1 Å². The van der Waals surface area contributed by atoms with E-state index < -0.39 is 12.1 Å². The van der Waals surface area contributed by atoms with Crippen LogP contribution in [-0.2, 0) is 0 Å². The number of nitrogens with zero attached hydrogens (tertiary/aromatic N) is 1. The van der Waals surface area contributed by atoms with Crippen molar-refractivity contribution >= 4 is 0 Å². The average molecular weight is 189 g/mol. The van der Waals surface area contributed by atoms with Gasteiger partial charge in [0, 0.05) is 0 Å². The van der Waals surface area contributed by atoms with E-state index in [1.807, 2.05) is 30.3 Å². The van der Waals surface area contributed by atoms with Crippen molar-refractivity contribution in [3.8, 4) is 6.07 Å². The predicted molar refractivity (Wildman–Crippen MR) is 50.6 cm³/mol. The van der Waals surface area contributed by atoms with Crippen LogP contribution in [0.25, 0.3) is 0 Å². The number of aliphatic hydroxyl groups is 1. The molecule has 3 unspecified atom stereocenters. The Labute approximate surface area is 82.1 Å². The van der Waals surface area contributed by atoms with E-state index in [0.717, 1.165) is 5.56 Å². The number of aliphatic hydroxyl groups excluding tert-OH is 1. The zero-order chi connectivity index (χ0) is 9.97. The van der Waals surface area contributed by atoms with Gasteiger partial charge in [0.05, 0.1) is 12.1 Å². The number of hydrogen-bond donors (Lipinski definition) is 3. The molecule has 0 saturated carbocycles. The maximum atomic E-state index is 9.42. The topological polar surface area (TPSA) is 68.1 Å². The number of nitriles is 1. The van der Waals surface area contributed by atoms with Crippen LogP contribution in [0.2, 0.25) is 0 Å². The van der Waals surface area contributed by atoms with Crippen LogP contribution < -0.4 is 10.9 Å². The first kappa shape index (κ1) is 9.16. The molecule has 1 aromatic carbocycles. The largest absolute Gasteiger partial charge is 0.376 e. The SMILES string of the molecule is N#CC1C(O)NNC1c1ccccc1. The Balaban J connectivity index is 2.25. The second-order valence-electron chi connectivity index (χ2n) is 3.28. The van der Waals surface area contributed by atoms with Crippen LogP contribution in [0.1, 0.15) is 11.6 Å². The molecule has 1 aromatic rings. The van der Waals surface area contributed by atoms with E-state index in [2.05, 4.69) is 16.9 Å². The van der Waals surface area contributed by atoms with E-state index in [9.17, 15) is 5.11 Å². The number of hydrazine groups is 1. The minimum atomic E-state index is -0.801. The van der Waals surface area contributed by atoms with E-state index in [4.69, 9.17) is 5.26 Å². The lowest BCUT2D eigenvalue weighted by Crippen LogP contribution is -2.31. The van der Waals surface area contributed by atoms with E-state index in [0.29, 0.717) is 0 Å². The second-order valence-corrected chi connectivity index (χ2v) is 3.28. The molecule has 1 saturated heterocycles. The molecule has 1 aliphatic rings. The molecule has 1 heterocycles. The Kier molecular flexibility index (Phi) is 2.46. The molecule has 2 rings (SSSR count). The number of rotatable bonds is 1. The highest BCUT2D eigenvalue weighted by atomic mass is 16.3. The average Bonchev–Trinajstić information content (AvgIpc) is 2.61. The lowest BCUT2D eigenvalue weighted by atomic mass is 9.95. The van der Waals surface area contributed by atoms with E-state index in [1.54, 1.807) is 0 Å². The van der Waals surface area contributed by atoms with Crippen molar-refractivity contribution in [2.24, 2.45) is 5.92 Å². The van der Waals surface area contributed by atoms with Gasteiger partial charge >= 0.3 is 0 Å². The monoisotopic (exact) mass is 189 g/mol. The summed E-state index contributed by atoms with van der Waals surface area (Å²) >= 11 is 0. The number of hydrogen-bond acceptors (Lipinski definition) is 4. The Morgan fingerprint density at radius 1 is 1.21 bits per heavy atom. The first-order valence-corrected chi connectivity index (χ1v) is 4.46. The van der Waals surface area contributed by atoms with Crippen molar-refractivity contribution in [3.63, 3.8) is 0 Å². The van der Waals surface area contributed by atoms with Crippen molar-refractivity contribution in [3.05, 3.63) is 35.9 Å². The zero-order valence-corrected chi connectivity index (χ0v) is 7.51. The summed E-state index contributed by atoms with van der Waals surface area (Å²) in [6.45, 7) is 0.